The van der Waals surface area contributed by atoms with Gasteiger partial charge in [0.15, 0.2) is 0 Å². The molecule has 0 radical (unpaired) electrons. The largest absolute Gasteiger partial charge is 0.376 e. The molecule has 3 aliphatic rings. The van der Waals surface area contributed by atoms with Crippen molar-refractivity contribution < 1.29 is 4.74 Å². The third kappa shape index (κ3) is 3.80. The highest BCUT2D eigenvalue weighted by atomic mass is 32.1. The van der Waals surface area contributed by atoms with Gasteiger partial charge in [0.25, 0.3) is 0 Å². The minimum atomic E-state index is 0.478. The van der Waals surface area contributed by atoms with E-state index in [-0.39, 0.29) is 0 Å². The lowest BCUT2D eigenvalue weighted by atomic mass is 9.84. The number of piperidine rings is 1. The summed E-state index contributed by atoms with van der Waals surface area (Å²) >= 11 is 1.81. The van der Waals surface area contributed by atoms with Gasteiger partial charge in [-0.1, -0.05) is 0 Å². The zero-order valence-electron chi connectivity index (χ0n) is 14.2. The maximum Gasteiger partial charge on any atom is 0.0734 e. The first-order valence-corrected chi connectivity index (χ1v) is 9.98. The summed E-state index contributed by atoms with van der Waals surface area (Å²) in [5, 5.41) is 4.47. The van der Waals surface area contributed by atoms with Gasteiger partial charge in [0.2, 0.25) is 0 Å². The highest BCUT2D eigenvalue weighted by molar-refractivity contribution is 7.07. The van der Waals surface area contributed by atoms with Crippen LogP contribution in [0.15, 0.2) is 16.8 Å². The van der Waals surface area contributed by atoms with Gasteiger partial charge in [-0.2, -0.15) is 11.3 Å². The Morgan fingerprint density at radius 2 is 2.04 bits per heavy atom. The van der Waals surface area contributed by atoms with E-state index in [4.69, 9.17) is 4.74 Å². The summed E-state index contributed by atoms with van der Waals surface area (Å²) in [4.78, 5) is 7.67. The van der Waals surface area contributed by atoms with Crippen molar-refractivity contribution in [1.29, 1.82) is 0 Å². The minimum absolute atomic E-state index is 0.478. The predicted octanol–water partition coefficient (Wildman–Crippen LogP) is 1.83. The molecule has 0 saturated carbocycles. The summed E-state index contributed by atoms with van der Waals surface area (Å²) in [6.07, 6.45) is 1.79. The molecule has 3 fully saturated rings. The summed E-state index contributed by atoms with van der Waals surface area (Å²) in [6.45, 7) is 10.5. The van der Waals surface area contributed by atoms with Gasteiger partial charge in [-0.05, 0) is 48.3 Å². The lowest BCUT2D eigenvalue weighted by Crippen LogP contribution is -2.49. The van der Waals surface area contributed by atoms with Crippen molar-refractivity contribution >= 4 is 11.3 Å². The maximum absolute atomic E-state index is 6.23. The lowest BCUT2D eigenvalue weighted by molar-refractivity contribution is 0.0351. The van der Waals surface area contributed by atoms with Gasteiger partial charge in [-0.25, -0.2) is 0 Å². The topological polar surface area (TPSA) is 19.0 Å². The summed E-state index contributed by atoms with van der Waals surface area (Å²) in [6, 6.07) is 2.26. The second-order valence-corrected chi connectivity index (χ2v) is 8.34. The highest BCUT2D eigenvalue weighted by Gasteiger charge is 2.41. The van der Waals surface area contributed by atoms with Gasteiger partial charge < -0.3 is 9.64 Å². The van der Waals surface area contributed by atoms with E-state index in [9.17, 15) is 0 Å². The highest BCUT2D eigenvalue weighted by Crippen LogP contribution is 2.35. The third-order valence-electron chi connectivity index (χ3n) is 5.90. The van der Waals surface area contributed by atoms with Crippen LogP contribution in [0.25, 0.3) is 0 Å². The lowest BCUT2D eigenvalue weighted by Gasteiger charge is -2.38. The van der Waals surface area contributed by atoms with Crippen LogP contribution < -0.4 is 0 Å². The van der Waals surface area contributed by atoms with Gasteiger partial charge in [-0.15, -0.1) is 0 Å². The summed E-state index contributed by atoms with van der Waals surface area (Å²) in [5.41, 5.74) is 1.47. The van der Waals surface area contributed by atoms with Crippen LogP contribution in [0.5, 0.6) is 0 Å². The Kier molecular flexibility index (Phi) is 5.02. The zero-order valence-corrected chi connectivity index (χ0v) is 15.0. The molecule has 0 unspecified atom stereocenters. The number of piperazine rings is 1. The van der Waals surface area contributed by atoms with E-state index >= 15 is 0 Å². The van der Waals surface area contributed by atoms with E-state index in [0.717, 1.165) is 31.5 Å². The van der Waals surface area contributed by atoms with Gasteiger partial charge in [-0.3, -0.25) is 9.80 Å². The molecule has 23 heavy (non-hydrogen) atoms. The fourth-order valence-corrected chi connectivity index (χ4v) is 5.08. The van der Waals surface area contributed by atoms with Crippen LogP contribution in [0.3, 0.4) is 0 Å². The molecule has 0 aliphatic carbocycles. The molecule has 0 N–H and O–H groups in total. The average Bonchev–Trinajstić information content (AvgIpc) is 3.20. The Hall–Kier alpha value is -0.460. The van der Waals surface area contributed by atoms with Crippen molar-refractivity contribution in [3.8, 4) is 0 Å². The number of nitrogens with zero attached hydrogens (tertiary/aromatic N) is 3. The van der Waals surface area contributed by atoms with Crippen LogP contribution in [-0.2, 0) is 11.3 Å². The first kappa shape index (κ1) is 16.0. The number of thiophene rings is 1. The number of ether oxygens (including phenoxy) is 1. The first-order valence-electron chi connectivity index (χ1n) is 9.04. The van der Waals surface area contributed by atoms with Gasteiger partial charge in [0.1, 0.15) is 0 Å². The van der Waals surface area contributed by atoms with Crippen molar-refractivity contribution in [3.05, 3.63) is 22.4 Å². The van der Waals surface area contributed by atoms with E-state index in [1.165, 1.54) is 51.3 Å². The fraction of sp³-hybridized carbons (Fsp3) is 0.778. The number of hydrogen-bond donors (Lipinski definition) is 0. The number of likely N-dealkylation sites (N-methyl/N-ethyl adjacent to an activating group) is 1. The van der Waals surface area contributed by atoms with Crippen molar-refractivity contribution in [2.24, 2.45) is 11.8 Å². The maximum atomic E-state index is 6.23. The molecule has 3 atom stereocenters. The van der Waals surface area contributed by atoms with Crippen molar-refractivity contribution in [2.75, 3.05) is 59.5 Å². The first-order chi connectivity index (χ1) is 11.3. The van der Waals surface area contributed by atoms with Crippen LogP contribution >= 0.6 is 11.3 Å². The molecule has 0 spiro atoms. The summed E-state index contributed by atoms with van der Waals surface area (Å²) in [5.74, 6) is 1.54. The van der Waals surface area contributed by atoms with Gasteiger partial charge in [0.05, 0.1) is 12.7 Å². The summed E-state index contributed by atoms with van der Waals surface area (Å²) in [7, 11) is 2.22. The van der Waals surface area contributed by atoms with Crippen LogP contribution in [0.1, 0.15) is 12.0 Å². The third-order valence-corrected chi connectivity index (χ3v) is 6.63. The predicted molar refractivity (Wildman–Crippen MR) is 94.9 cm³/mol. The Morgan fingerprint density at radius 1 is 1.17 bits per heavy atom. The molecule has 0 aromatic carbocycles. The molecule has 1 aromatic heterocycles. The number of fused-ring (bicyclic) bond motifs is 1. The average molecular weight is 336 g/mol. The zero-order chi connectivity index (χ0) is 15.6. The second kappa shape index (κ2) is 7.19. The summed E-state index contributed by atoms with van der Waals surface area (Å²) < 4.78 is 6.23. The molecule has 0 bridgehead atoms. The quantitative estimate of drug-likeness (QED) is 0.836. The van der Waals surface area contributed by atoms with E-state index < -0.39 is 0 Å². The van der Waals surface area contributed by atoms with Crippen molar-refractivity contribution in [3.63, 3.8) is 0 Å². The van der Waals surface area contributed by atoms with Crippen molar-refractivity contribution in [1.82, 2.24) is 14.7 Å². The normalized spacial score (nSPS) is 33.9. The molecule has 3 saturated heterocycles. The number of hydrogen-bond acceptors (Lipinski definition) is 5. The Labute approximate surface area is 144 Å². The van der Waals surface area contributed by atoms with Crippen molar-refractivity contribution in [2.45, 2.75) is 19.1 Å². The molecule has 5 heteroatoms. The van der Waals surface area contributed by atoms with E-state index in [2.05, 4.69) is 38.6 Å². The van der Waals surface area contributed by atoms with E-state index in [1.54, 1.807) is 0 Å². The molecular formula is C18H29N3OS. The van der Waals surface area contributed by atoms with Gasteiger partial charge >= 0.3 is 0 Å². The Bertz CT molecular complexity index is 486. The number of rotatable bonds is 4. The molecule has 4 rings (SSSR count). The Morgan fingerprint density at radius 3 is 2.83 bits per heavy atom. The molecule has 3 aliphatic heterocycles. The van der Waals surface area contributed by atoms with Crippen LogP contribution in [0.2, 0.25) is 0 Å². The van der Waals surface area contributed by atoms with Crippen LogP contribution in [-0.4, -0.2) is 80.3 Å². The van der Waals surface area contributed by atoms with Crippen LogP contribution in [0.4, 0.5) is 0 Å². The van der Waals surface area contributed by atoms with Gasteiger partial charge in [0, 0.05) is 51.7 Å². The molecule has 4 heterocycles. The van der Waals surface area contributed by atoms with E-state index in [1.807, 2.05) is 11.3 Å². The monoisotopic (exact) mass is 335 g/mol. The molecule has 128 valence electrons. The number of likely N-dealkylation sites (tertiary alicyclic amines) is 1. The van der Waals surface area contributed by atoms with E-state index in [0.29, 0.717) is 6.10 Å². The standard InChI is InChI=1S/C18H29N3OS/c1-19-5-7-20(8-6-19)12-18-17-2-4-21(11-16(17)13-22-18)10-15-3-9-23-14-15/h3,9,14,16-18H,2,4-8,10-13H2,1H3/t16-,17-,18+/m1/s1. The molecule has 4 nitrogen and oxygen atoms in total. The SMILES string of the molecule is CN1CCN(C[C@@H]2OC[C@H]3CN(Cc4ccsc4)CC[C@H]32)CC1. The molecular weight excluding hydrogens is 306 g/mol. The molecule has 1 aromatic rings. The minimum Gasteiger partial charge on any atom is -0.376 e. The fourth-order valence-electron chi connectivity index (χ4n) is 4.42. The van der Waals surface area contributed by atoms with Crippen LogP contribution in [0, 0.1) is 11.8 Å². The second-order valence-electron chi connectivity index (χ2n) is 7.55. The Balaban J connectivity index is 1.28. The smallest absolute Gasteiger partial charge is 0.0734 e. The molecule has 0 amide bonds.